The summed E-state index contributed by atoms with van der Waals surface area (Å²) in [6.45, 7) is 4.46. The van der Waals surface area contributed by atoms with Gasteiger partial charge in [0.05, 0.1) is 0 Å². The van der Waals surface area contributed by atoms with Gasteiger partial charge in [0.25, 0.3) is 5.91 Å². The minimum absolute atomic E-state index is 0.129. The van der Waals surface area contributed by atoms with E-state index in [0.717, 1.165) is 75.9 Å². The van der Waals surface area contributed by atoms with Crippen molar-refractivity contribution in [2.24, 2.45) is 11.8 Å². The van der Waals surface area contributed by atoms with Gasteiger partial charge in [0.2, 0.25) is 0 Å². The number of Topliss-reactive ketones (excluding diaryl/α,β-unsaturated/α-hetero) is 1. The van der Waals surface area contributed by atoms with E-state index in [2.05, 4.69) is 24.3 Å². The third kappa shape index (κ3) is 6.47. The van der Waals surface area contributed by atoms with Crippen LogP contribution >= 0.6 is 0 Å². The highest BCUT2D eigenvalue weighted by molar-refractivity contribution is 5.92. The molecule has 2 fully saturated rings. The highest BCUT2D eigenvalue weighted by Gasteiger charge is 2.30. The number of nitrogens with zero attached hydrogens (tertiary/aromatic N) is 1. The molecule has 3 rings (SSSR count). The van der Waals surface area contributed by atoms with Gasteiger partial charge in [-0.2, -0.15) is 0 Å². The molecule has 0 saturated heterocycles. The molecule has 2 aliphatic carbocycles. The van der Waals surface area contributed by atoms with E-state index in [1.807, 2.05) is 0 Å². The fourth-order valence-electron chi connectivity index (χ4n) is 4.03. The fraction of sp³-hybridized carbons (Fsp3) is 0.773. The van der Waals surface area contributed by atoms with Gasteiger partial charge in [-0.1, -0.05) is 31.8 Å². The molecular formula is C22H34N2O3. The number of ketones is 1. The van der Waals surface area contributed by atoms with Crippen LogP contribution in [-0.4, -0.2) is 22.9 Å². The van der Waals surface area contributed by atoms with E-state index < -0.39 is 0 Å². The second kappa shape index (κ2) is 9.52. The summed E-state index contributed by atoms with van der Waals surface area (Å²) in [7, 11) is 0. The Bertz CT molecular complexity index is 625. The van der Waals surface area contributed by atoms with Crippen molar-refractivity contribution in [1.82, 2.24) is 10.5 Å². The molecule has 1 aromatic rings. The molecule has 1 N–H and O–H groups in total. The number of carbonyl (C=O) groups is 2. The summed E-state index contributed by atoms with van der Waals surface area (Å²) in [4.78, 5) is 24.5. The second-order valence-corrected chi connectivity index (χ2v) is 8.96. The minimum atomic E-state index is -0.129. The third-order valence-electron chi connectivity index (χ3n) is 5.93. The van der Waals surface area contributed by atoms with Crippen LogP contribution in [0.2, 0.25) is 0 Å². The van der Waals surface area contributed by atoms with Crippen molar-refractivity contribution < 1.29 is 14.1 Å². The predicted octanol–water partition coefficient (Wildman–Crippen LogP) is 5.02. The van der Waals surface area contributed by atoms with E-state index >= 15 is 0 Å². The maximum absolute atomic E-state index is 12.3. The lowest BCUT2D eigenvalue weighted by atomic mass is 9.82. The van der Waals surface area contributed by atoms with Crippen molar-refractivity contribution in [3.8, 4) is 0 Å². The monoisotopic (exact) mass is 374 g/mol. The first-order valence-electron chi connectivity index (χ1n) is 10.8. The Morgan fingerprint density at radius 2 is 1.89 bits per heavy atom. The van der Waals surface area contributed by atoms with Crippen LogP contribution in [0.3, 0.4) is 0 Å². The summed E-state index contributed by atoms with van der Waals surface area (Å²) in [6, 6.07) is 1.98. The normalized spacial score (nSPS) is 22.8. The van der Waals surface area contributed by atoms with Gasteiger partial charge in [-0.3, -0.25) is 9.59 Å². The molecule has 150 valence electrons. The standard InChI is InChI=1S/C22H34N2O3/c1-15(2)5-3-4-6-19(25)13-16-7-11-18(12-8-16)23-22(26)20-14-21(27-24-20)17-9-10-17/h14-18H,3-13H2,1-2H3,(H,23,26). The number of aromatic nitrogens is 1. The van der Waals surface area contributed by atoms with Crippen LogP contribution in [0.5, 0.6) is 0 Å². The number of carbonyl (C=O) groups excluding carboxylic acids is 2. The number of hydrogen-bond acceptors (Lipinski definition) is 4. The summed E-state index contributed by atoms with van der Waals surface area (Å²) in [5.41, 5.74) is 0.399. The molecule has 2 saturated carbocycles. The van der Waals surface area contributed by atoms with E-state index in [0.29, 0.717) is 23.3 Å². The van der Waals surface area contributed by atoms with Gasteiger partial charge < -0.3 is 9.84 Å². The molecule has 0 spiro atoms. The largest absolute Gasteiger partial charge is 0.360 e. The Morgan fingerprint density at radius 3 is 2.56 bits per heavy atom. The van der Waals surface area contributed by atoms with Gasteiger partial charge in [0.1, 0.15) is 11.5 Å². The van der Waals surface area contributed by atoms with Crippen LogP contribution in [0, 0.1) is 11.8 Å². The van der Waals surface area contributed by atoms with Crippen LogP contribution in [0.25, 0.3) is 0 Å². The molecule has 5 nitrogen and oxygen atoms in total. The number of amides is 1. The molecule has 1 heterocycles. The summed E-state index contributed by atoms with van der Waals surface area (Å²) < 4.78 is 5.26. The maximum Gasteiger partial charge on any atom is 0.273 e. The molecule has 0 radical (unpaired) electrons. The van der Waals surface area contributed by atoms with Gasteiger partial charge in [0, 0.05) is 30.9 Å². The smallest absolute Gasteiger partial charge is 0.273 e. The number of rotatable bonds is 10. The first kappa shape index (κ1) is 20.1. The first-order valence-corrected chi connectivity index (χ1v) is 10.8. The molecule has 0 aliphatic heterocycles. The Hall–Kier alpha value is -1.65. The lowest BCUT2D eigenvalue weighted by molar-refractivity contribution is -0.120. The number of unbranched alkanes of at least 4 members (excludes halogenated alkanes) is 1. The summed E-state index contributed by atoms with van der Waals surface area (Å²) >= 11 is 0. The molecule has 27 heavy (non-hydrogen) atoms. The Labute approximate surface area is 162 Å². The van der Waals surface area contributed by atoms with Gasteiger partial charge in [-0.25, -0.2) is 0 Å². The molecule has 0 aromatic carbocycles. The summed E-state index contributed by atoms with van der Waals surface area (Å²) in [6.07, 6.45) is 11.1. The van der Waals surface area contributed by atoms with E-state index in [-0.39, 0.29) is 11.9 Å². The van der Waals surface area contributed by atoms with Gasteiger partial charge in [0.15, 0.2) is 5.69 Å². The van der Waals surface area contributed by atoms with Gasteiger partial charge >= 0.3 is 0 Å². The molecule has 2 aliphatic rings. The molecule has 1 amide bonds. The highest BCUT2D eigenvalue weighted by Crippen LogP contribution is 2.40. The minimum Gasteiger partial charge on any atom is -0.360 e. The zero-order valence-electron chi connectivity index (χ0n) is 16.8. The average Bonchev–Trinajstić information content (AvgIpc) is 3.37. The Kier molecular flexibility index (Phi) is 7.08. The molecule has 5 heteroatoms. The van der Waals surface area contributed by atoms with Crippen molar-refractivity contribution in [3.63, 3.8) is 0 Å². The van der Waals surface area contributed by atoms with Crippen molar-refractivity contribution in [1.29, 1.82) is 0 Å². The molecule has 0 bridgehead atoms. The van der Waals surface area contributed by atoms with Gasteiger partial charge in [-0.15, -0.1) is 0 Å². The quantitative estimate of drug-likeness (QED) is 0.584. The van der Waals surface area contributed by atoms with Crippen molar-refractivity contribution in [3.05, 3.63) is 17.5 Å². The van der Waals surface area contributed by atoms with E-state index in [1.165, 1.54) is 6.42 Å². The number of hydrogen-bond donors (Lipinski definition) is 1. The lowest BCUT2D eigenvalue weighted by Gasteiger charge is -2.28. The average molecular weight is 375 g/mol. The summed E-state index contributed by atoms with van der Waals surface area (Å²) in [5, 5.41) is 7.00. The lowest BCUT2D eigenvalue weighted by Crippen LogP contribution is -2.38. The van der Waals surface area contributed by atoms with Crippen molar-refractivity contribution >= 4 is 11.7 Å². The van der Waals surface area contributed by atoms with Crippen molar-refractivity contribution in [2.45, 2.75) is 96.4 Å². The first-order chi connectivity index (χ1) is 13.0. The van der Waals surface area contributed by atoms with Crippen LogP contribution in [0.1, 0.15) is 107 Å². The summed E-state index contributed by atoms with van der Waals surface area (Å²) in [5.74, 6) is 2.82. The third-order valence-corrected chi connectivity index (χ3v) is 5.93. The Balaban J connectivity index is 1.32. The topological polar surface area (TPSA) is 72.2 Å². The zero-order chi connectivity index (χ0) is 19.2. The van der Waals surface area contributed by atoms with Crippen LogP contribution < -0.4 is 5.32 Å². The van der Waals surface area contributed by atoms with Gasteiger partial charge in [-0.05, 0) is 56.8 Å². The Morgan fingerprint density at radius 1 is 1.15 bits per heavy atom. The molecule has 0 atom stereocenters. The fourth-order valence-corrected chi connectivity index (χ4v) is 4.03. The molecule has 0 unspecified atom stereocenters. The molecule has 1 aromatic heterocycles. The van der Waals surface area contributed by atoms with E-state index in [9.17, 15) is 9.59 Å². The zero-order valence-corrected chi connectivity index (χ0v) is 16.8. The number of nitrogens with one attached hydrogen (secondary N) is 1. The predicted molar refractivity (Wildman–Crippen MR) is 105 cm³/mol. The van der Waals surface area contributed by atoms with E-state index in [4.69, 9.17) is 4.52 Å². The van der Waals surface area contributed by atoms with Crippen LogP contribution in [0.4, 0.5) is 0 Å². The van der Waals surface area contributed by atoms with Crippen LogP contribution in [0.15, 0.2) is 10.6 Å². The molecular weight excluding hydrogens is 340 g/mol. The van der Waals surface area contributed by atoms with Crippen LogP contribution in [-0.2, 0) is 4.79 Å². The van der Waals surface area contributed by atoms with E-state index in [1.54, 1.807) is 6.07 Å². The SMILES string of the molecule is CC(C)CCCCC(=O)CC1CCC(NC(=O)c2cc(C3CC3)on2)CC1. The second-order valence-electron chi connectivity index (χ2n) is 8.96. The van der Waals surface area contributed by atoms with Crippen molar-refractivity contribution in [2.75, 3.05) is 0 Å². The maximum atomic E-state index is 12.3. The highest BCUT2D eigenvalue weighted by atomic mass is 16.5.